The third-order valence-corrected chi connectivity index (χ3v) is 2.01. The van der Waals surface area contributed by atoms with Gasteiger partial charge in [-0.15, -0.1) is 13.2 Å². The normalized spacial score (nSPS) is 10.8. The molecule has 0 saturated heterocycles. The van der Waals surface area contributed by atoms with E-state index in [1.54, 1.807) is 0 Å². The highest BCUT2D eigenvalue weighted by Crippen LogP contribution is 2.49. The van der Waals surface area contributed by atoms with Crippen molar-refractivity contribution in [1.82, 2.24) is 0 Å². The maximum Gasteiger partial charge on any atom is 0.177 e. The zero-order valence-corrected chi connectivity index (χ0v) is 7.29. The zero-order chi connectivity index (χ0) is 9.26. The first kappa shape index (κ1) is 7.87. The average Bonchev–Trinajstić information content (AvgIpc) is 3.00. The topological polar surface area (TPSA) is 12.5 Å². The minimum Gasteiger partial charge on any atom is -0.449 e. The molecule has 0 fully saturated rings. The van der Waals surface area contributed by atoms with E-state index in [-0.39, 0.29) is 0 Å². The van der Waals surface area contributed by atoms with Crippen LogP contribution in [0.3, 0.4) is 0 Å². The van der Waals surface area contributed by atoms with Crippen molar-refractivity contribution in [2.45, 2.75) is 0 Å². The van der Waals surface area contributed by atoms with E-state index >= 15 is 0 Å². The number of ether oxygens (including phenoxy) is 1. The van der Waals surface area contributed by atoms with Gasteiger partial charge >= 0.3 is 0 Å². The van der Waals surface area contributed by atoms with Crippen LogP contribution in [0.15, 0.2) is 49.6 Å². The highest BCUT2D eigenvalue weighted by atomic mass is 16.6. The Labute approximate surface area is 77.3 Å². The van der Waals surface area contributed by atoms with E-state index in [0.717, 1.165) is 11.5 Å². The average molecular weight is 170 g/mol. The second kappa shape index (κ2) is 2.94. The van der Waals surface area contributed by atoms with Crippen LogP contribution >= 0.6 is 0 Å². The van der Waals surface area contributed by atoms with Gasteiger partial charge in [0.05, 0.1) is 0 Å². The highest BCUT2D eigenvalue weighted by Gasteiger charge is 2.21. The molecule has 0 amide bonds. The van der Waals surface area contributed by atoms with Gasteiger partial charge in [0.2, 0.25) is 0 Å². The van der Waals surface area contributed by atoms with E-state index < -0.39 is 0 Å². The molecule has 0 aliphatic carbocycles. The van der Waals surface area contributed by atoms with Crippen molar-refractivity contribution in [2.24, 2.45) is 0 Å². The van der Waals surface area contributed by atoms with Gasteiger partial charge in [-0.1, -0.05) is 30.3 Å². The minimum absolute atomic E-state index is 1.03. The second-order valence-corrected chi connectivity index (χ2v) is 2.72. The van der Waals surface area contributed by atoms with Crippen LogP contribution in [0.2, 0.25) is 0 Å². The Morgan fingerprint density at radius 3 is 2.54 bits per heavy atom. The molecule has 0 unspecified atom stereocenters. The van der Waals surface area contributed by atoms with Gasteiger partial charge in [0.15, 0.2) is 11.5 Å². The van der Waals surface area contributed by atoms with Crippen LogP contribution in [-0.2, 0) is 0 Å². The molecule has 0 aromatic heterocycles. The summed E-state index contributed by atoms with van der Waals surface area (Å²) >= 11 is 0. The molecule has 2 aromatic carbocycles. The van der Waals surface area contributed by atoms with Crippen LogP contribution in [0.1, 0.15) is 0 Å². The smallest absolute Gasteiger partial charge is 0.177 e. The van der Waals surface area contributed by atoms with E-state index in [4.69, 9.17) is 4.74 Å². The monoisotopic (exact) mass is 170 g/mol. The molecule has 2 aromatic rings. The molecular formula is C12H10O. The van der Waals surface area contributed by atoms with E-state index in [1.807, 2.05) is 18.2 Å². The number of benzene rings is 2. The standard InChI is InChI=1S/C10H6O.C2H4/c1-2-4-8-7(3-1)5-6-9-10(8)11-9;1-2/h1-6H;1-2H2. The lowest BCUT2D eigenvalue weighted by atomic mass is 10.1. The Balaban J connectivity index is 0.000000308. The summed E-state index contributed by atoms with van der Waals surface area (Å²) in [4.78, 5) is 0. The summed E-state index contributed by atoms with van der Waals surface area (Å²) in [6, 6.07) is 12.3. The second-order valence-electron chi connectivity index (χ2n) is 2.72. The van der Waals surface area contributed by atoms with Crippen molar-refractivity contribution in [2.75, 3.05) is 0 Å². The Bertz CT molecular complexity index is 446. The van der Waals surface area contributed by atoms with Gasteiger partial charge in [-0.25, -0.2) is 0 Å². The van der Waals surface area contributed by atoms with Gasteiger partial charge in [0.25, 0.3) is 0 Å². The lowest BCUT2D eigenvalue weighted by Gasteiger charge is -1.89. The minimum atomic E-state index is 1.03. The molecule has 0 atom stereocenters. The first-order valence-electron chi connectivity index (χ1n) is 4.15. The van der Waals surface area contributed by atoms with Crippen LogP contribution in [0.5, 0.6) is 11.5 Å². The third-order valence-electron chi connectivity index (χ3n) is 2.01. The van der Waals surface area contributed by atoms with Gasteiger partial charge in [0.1, 0.15) is 0 Å². The lowest BCUT2D eigenvalue weighted by molar-refractivity contribution is 0.653. The van der Waals surface area contributed by atoms with Crippen molar-refractivity contribution >= 4 is 10.8 Å². The van der Waals surface area contributed by atoms with Crippen LogP contribution in [0.25, 0.3) is 10.8 Å². The molecule has 1 heteroatoms. The Morgan fingerprint density at radius 1 is 0.923 bits per heavy atom. The maximum atomic E-state index is 5.25. The van der Waals surface area contributed by atoms with Crippen molar-refractivity contribution in [3.63, 3.8) is 0 Å². The van der Waals surface area contributed by atoms with E-state index in [9.17, 15) is 0 Å². The predicted octanol–water partition coefficient (Wildman–Crippen LogP) is 3.75. The van der Waals surface area contributed by atoms with Crippen molar-refractivity contribution in [1.29, 1.82) is 0 Å². The Hall–Kier alpha value is -1.76. The fourth-order valence-electron chi connectivity index (χ4n) is 1.40. The number of hydrogen-bond donors (Lipinski definition) is 0. The molecular weight excluding hydrogens is 160 g/mol. The van der Waals surface area contributed by atoms with Crippen molar-refractivity contribution < 1.29 is 4.74 Å². The molecule has 1 aliphatic heterocycles. The number of hydrogen-bond acceptors (Lipinski definition) is 1. The lowest BCUT2D eigenvalue weighted by Crippen LogP contribution is -1.63. The van der Waals surface area contributed by atoms with Crippen molar-refractivity contribution in [3.8, 4) is 11.5 Å². The first-order valence-corrected chi connectivity index (χ1v) is 4.15. The summed E-state index contributed by atoms with van der Waals surface area (Å²) in [5.41, 5.74) is 0. The van der Waals surface area contributed by atoms with E-state index in [2.05, 4.69) is 31.4 Å². The van der Waals surface area contributed by atoms with Crippen molar-refractivity contribution in [3.05, 3.63) is 49.6 Å². The molecule has 0 N–H and O–H groups in total. The molecule has 3 rings (SSSR count). The first-order chi connectivity index (χ1) is 6.45. The van der Waals surface area contributed by atoms with E-state index in [1.165, 1.54) is 10.8 Å². The molecule has 0 saturated carbocycles. The van der Waals surface area contributed by atoms with Gasteiger partial charge in [-0.05, 0) is 11.5 Å². The molecule has 0 bridgehead atoms. The summed E-state index contributed by atoms with van der Waals surface area (Å²) in [5.74, 6) is 2.09. The molecule has 13 heavy (non-hydrogen) atoms. The Kier molecular flexibility index (Phi) is 1.78. The van der Waals surface area contributed by atoms with Crippen LogP contribution in [0, 0.1) is 0 Å². The SMILES string of the molecule is C=C.c1ccc2c3c(ccc2c1)O3. The fourth-order valence-corrected chi connectivity index (χ4v) is 1.40. The summed E-state index contributed by atoms with van der Waals surface area (Å²) < 4.78 is 5.25. The maximum absolute atomic E-state index is 5.25. The van der Waals surface area contributed by atoms with Crippen LogP contribution < -0.4 is 4.74 Å². The zero-order valence-electron chi connectivity index (χ0n) is 7.29. The third kappa shape index (κ3) is 1.18. The van der Waals surface area contributed by atoms with Gasteiger partial charge in [-0.2, -0.15) is 0 Å². The predicted molar refractivity (Wildman–Crippen MR) is 55.3 cm³/mol. The van der Waals surface area contributed by atoms with Gasteiger partial charge in [0, 0.05) is 5.39 Å². The molecule has 0 spiro atoms. The summed E-state index contributed by atoms with van der Waals surface area (Å²) in [5, 5.41) is 2.48. The molecule has 1 heterocycles. The molecule has 0 radical (unpaired) electrons. The molecule has 64 valence electrons. The van der Waals surface area contributed by atoms with Crippen LogP contribution in [0.4, 0.5) is 0 Å². The number of rotatable bonds is 0. The van der Waals surface area contributed by atoms with Crippen LogP contribution in [-0.4, -0.2) is 0 Å². The van der Waals surface area contributed by atoms with Gasteiger partial charge < -0.3 is 4.74 Å². The summed E-state index contributed by atoms with van der Waals surface area (Å²) in [7, 11) is 0. The summed E-state index contributed by atoms with van der Waals surface area (Å²) in [6.45, 7) is 6.00. The number of fused-ring (bicyclic) bond motifs is 3. The van der Waals surface area contributed by atoms with Gasteiger partial charge in [-0.3, -0.25) is 0 Å². The molecule has 1 aliphatic rings. The summed E-state index contributed by atoms with van der Waals surface area (Å²) in [6.07, 6.45) is 0. The largest absolute Gasteiger partial charge is 0.449 e. The molecule has 1 nitrogen and oxygen atoms in total. The Morgan fingerprint density at radius 2 is 1.69 bits per heavy atom. The fraction of sp³-hybridized carbons (Fsp3) is 0. The van der Waals surface area contributed by atoms with E-state index in [0.29, 0.717) is 0 Å². The quantitative estimate of drug-likeness (QED) is 0.370. The highest BCUT2D eigenvalue weighted by molar-refractivity contribution is 5.94.